The Morgan fingerprint density at radius 1 is 1.16 bits per heavy atom. The lowest BCUT2D eigenvalue weighted by Gasteiger charge is -2.18. The summed E-state index contributed by atoms with van der Waals surface area (Å²) in [5, 5.41) is 3.61. The second-order valence-electron chi connectivity index (χ2n) is 5.22. The van der Waals surface area contributed by atoms with Crippen LogP contribution in [-0.2, 0) is 0 Å². The van der Waals surface area contributed by atoms with Crippen molar-refractivity contribution in [3.63, 3.8) is 0 Å². The number of amides is 1. The number of methoxy groups -OCH3 is 2. The third-order valence-electron chi connectivity index (χ3n) is 3.80. The highest BCUT2D eigenvalue weighted by Gasteiger charge is 2.14. The summed E-state index contributed by atoms with van der Waals surface area (Å²) in [6.07, 6.45) is 1.56. The molecule has 0 saturated carbocycles. The molecular weight excluding hydrogens is 342 g/mol. The van der Waals surface area contributed by atoms with Crippen molar-refractivity contribution in [2.75, 3.05) is 32.6 Å². The third kappa shape index (κ3) is 4.33. The normalized spacial score (nSPS) is 10.3. The van der Waals surface area contributed by atoms with Crippen LogP contribution in [0, 0.1) is 0 Å². The van der Waals surface area contributed by atoms with Crippen molar-refractivity contribution in [3.05, 3.63) is 41.0 Å². The summed E-state index contributed by atoms with van der Waals surface area (Å²) < 4.78 is 10.6. The largest absolute Gasteiger partial charge is 0.495 e. The molecule has 0 saturated heterocycles. The third-order valence-corrected chi connectivity index (χ3v) is 4.09. The van der Waals surface area contributed by atoms with Gasteiger partial charge in [0.15, 0.2) is 0 Å². The molecule has 134 valence electrons. The number of hydrogen-bond donors (Lipinski definition) is 1. The summed E-state index contributed by atoms with van der Waals surface area (Å²) >= 11 is 6.11. The van der Waals surface area contributed by atoms with Gasteiger partial charge in [-0.15, -0.1) is 0 Å². The zero-order chi connectivity index (χ0) is 18.4. The van der Waals surface area contributed by atoms with Gasteiger partial charge in [0.2, 0.25) is 0 Å². The Hall–Kier alpha value is -2.47. The first kappa shape index (κ1) is 18.9. The zero-order valence-electron chi connectivity index (χ0n) is 14.8. The molecule has 2 rings (SSSR count). The topological polar surface area (TPSA) is 63.7 Å². The Morgan fingerprint density at radius 2 is 1.84 bits per heavy atom. The van der Waals surface area contributed by atoms with Crippen LogP contribution in [0.2, 0.25) is 5.02 Å². The Balaban J connectivity index is 2.23. The van der Waals surface area contributed by atoms with Crippen molar-refractivity contribution < 1.29 is 14.3 Å². The number of carbonyl (C=O) groups is 1. The highest BCUT2D eigenvalue weighted by Crippen LogP contribution is 2.37. The summed E-state index contributed by atoms with van der Waals surface area (Å²) in [6, 6.07) is 6.89. The van der Waals surface area contributed by atoms with Gasteiger partial charge in [0, 0.05) is 31.4 Å². The lowest BCUT2D eigenvalue weighted by molar-refractivity contribution is 0.0772. The van der Waals surface area contributed by atoms with Gasteiger partial charge in [-0.05, 0) is 26.0 Å². The quantitative estimate of drug-likeness (QED) is 0.806. The second-order valence-corrected chi connectivity index (χ2v) is 5.63. The van der Waals surface area contributed by atoms with Gasteiger partial charge in [-0.25, -0.2) is 4.98 Å². The van der Waals surface area contributed by atoms with E-state index in [0.29, 0.717) is 46.7 Å². The SMILES string of the molecule is CCN(CC)C(=O)c1ccc(Nc2cc(OC)c(Cl)cc2OC)nc1. The molecule has 0 unspecified atom stereocenters. The van der Waals surface area contributed by atoms with E-state index in [1.165, 1.54) is 0 Å². The second kappa shape index (κ2) is 8.58. The van der Waals surface area contributed by atoms with E-state index in [0.717, 1.165) is 0 Å². The molecule has 7 heteroatoms. The molecule has 0 atom stereocenters. The lowest BCUT2D eigenvalue weighted by atomic mass is 10.2. The molecule has 0 aliphatic heterocycles. The number of pyridine rings is 1. The van der Waals surface area contributed by atoms with Crippen molar-refractivity contribution in [2.24, 2.45) is 0 Å². The molecule has 0 aliphatic carbocycles. The summed E-state index contributed by atoms with van der Waals surface area (Å²) in [7, 11) is 3.10. The van der Waals surface area contributed by atoms with Crippen LogP contribution in [0.5, 0.6) is 11.5 Å². The van der Waals surface area contributed by atoms with Gasteiger partial charge in [-0.3, -0.25) is 4.79 Å². The van der Waals surface area contributed by atoms with Crippen LogP contribution < -0.4 is 14.8 Å². The maximum atomic E-state index is 12.3. The summed E-state index contributed by atoms with van der Waals surface area (Å²) in [6.45, 7) is 5.23. The molecule has 0 spiro atoms. The van der Waals surface area contributed by atoms with E-state index in [1.54, 1.807) is 49.6 Å². The molecule has 6 nitrogen and oxygen atoms in total. The molecule has 1 heterocycles. The van der Waals surface area contributed by atoms with E-state index < -0.39 is 0 Å². The number of rotatable bonds is 7. The van der Waals surface area contributed by atoms with Crippen LogP contribution in [0.1, 0.15) is 24.2 Å². The highest BCUT2D eigenvalue weighted by molar-refractivity contribution is 6.32. The zero-order valence-corrected chi connectivity index (χ0v) is 15.6. The van der Waals surface area contributed by atoms with Gasteiger partial charge in [0.05, 0.1) is 30.5 Å². The number of benzene rings is 1. The van der Waals surface area contributed by atoms with Crippen LogP contribution in [0.25, 0.3) is 0 Å². The Kier molecular flexibility index (Phi) is 6.47. The number of ether oxygens (including phenoxy) is 2. The fourth-order valence-electron chi connectivity index (χ4n) is 2.38. The van der Waals surface area contributed by atoms with E-state index in [-0.39, 0.29) is 5.91 Å². The Morgan fingerprint density at radius 3 is 2.36 bits per heavy atom. The Bertz CT molecular complexity index is 731. The maximum Gasteiger partial charge on any atom is 0.255 e. The standard InChI is InChI=1S/C18H22ClN3O3/c1-5-22(6-2)18(23)12-7-8-17(20-11-12)21-14-10-15(24-3)13(19)9-16(14)25-4/h7-11H,5-6H2,1-4H3,(H,20,21). The van der Waals surface area contributed by atoms with Gasteiger partial charge < -0.3 is 19.7 Å². The van der Waals surface area contributed by atoms with Crippen molar-refractivity contribution in [1.82, 2.24) is 9.88 Å². The minimum absolute atomic E-state index is 0.0326. The fourth-order valence-corrected chi connectivity index (χ4v) is 2.61. The van der Waals surface area contributed by atoms with Crippen LogP contribution >= 0.6 is 11.6 Å². The smallest absolute Gasteiger partial charge is 0.255 e. The molecule has 1 N–H and O–H groups in total. The first-order valence-corrected chi connectivity index (χ1v) is 8.35. The summed E-state index contributed by atoms with van der Waals surface area (Å²) in [5.74, 6) is 1.64. The monoisotopic (exact) mass is 363 g/mol. The van der Waals surface area contributed by atoms with Gasteiger partial charge >= 0.3 is 0 Å². The highest BCUT2D eigenvalue weighted by atomic mass is 35.5. The molecule has 0 fully saturated rings. The number of anilines is 2. The van der Waals surface area contributed by atoms with Crippen molar-refractivity contribution in [3.8, 4) is 11.5 Å². The minimum atomic E-state index is -0.0326. The van der Waals surface area contributed by atoms with E-state index >= 15 is 0 Å². The van der Waals surface area contributed by atoms with Crippen LogP contribution in [0.3, 0.4) is 0 Å². The van der Waals surface area contributed by atoms with E-state index in [2.05, 4.69) is 10.3 Å². The van der Waals surface area contributed by atoms with Crippen molar-refractivity contribution in [2.45, 2.75) is 13.8 Å². The van der Waals surface area contributed by atoms with Crippen LogP contribution in [-0.4, -0.2) is 43.1 Å². The number of carbonyl (C=O) groups excluding carboxylic acids is 1. The average molecular weight is 364 g/mol. The molecular formula is C18H22ClN3O3. The number of nitrogens with zero attached hydrogens (tertiary/aromatic N) is 2. The maximum absolute atomic E-state index is 12.3. The number of nitrogens with one attached hydrogen (secondary N) is 1. The van der Waals surface area contributed by atoms with Gasteiger partial charge in [0.1, 0.15) is 17.3 Å². The molecule has 2 aromatic rings. The predicted octanol–water partition coefficient (Wildman–Crippen LogP) is 3.98. The molecule has 0 aliphatic rings. The first-order valence-electron chi connectivity index (χ1n) is 7.97. The molecule has 1 aromatic heterocycles. The van der Waals surface area contributed by atoms with Crippen molar-refractivity contribution in [1.29, 1.82) is 0 Å². The first-order chi connectivity index (χ1) is 12.0. The molecule has 25 heavy (non-hydrogen) atoms. The van der Waals surface area contributed by atoms with E-state index in [9.17, 15) is 4.79 Å². The summed E-state index contributed by atoms with van der Waals surface area (Å²) in [4.78, 5) is 18.4. The van der Waals surface area contributed by atoms with E-state index in [1.807, 2.05) is 13.8 Å². The average Bonchev–Trinajstić information content (AvgIpc) is 2.64. The van der Waals surface area contributed by atoms with Crippen LogP contribution in [0.15, 0.2) is 30.5 Å². The van der Waals surface area contributed by atoms with E-state index in [4.69, 9.17) is 21.1 Å². The predicted molar refractivity (Wildman–Crippen MR) is 99.3 cm³/mol. The fraction of sp³-hybridized carbons (Fsp3) is 0.333. The number of aromatic nitrogens is 1. The lowest BCUT2D eigenvalue weighted by Crippen LogP contribution is -2.30. The van der Waals surface area contributed by atoms with Gasteiger partial charge in [0.25, 0.3) is 5.91 Å². The molecule has 1 amide bonds. The Labute approximate surface area is 152 Å². The number of hydrogen-bond acceptors (Lipinski definition) is 5. The minimum Gasteiger partial charge on any atom is -0.495 e. The number of halogens is 1. The summed E-state index contributed by atoms with van der Waals surface area (Å²) in [5.41, 5.74) is 1.22. The van der Waals surface area contributed by atoms with Gasteiger partial charge in [-0.1, -0.05) is 11.6 Å². The molecule has 1 aromatic carbocycles. The van der Waals surface area contributed by atoms with Gasteiger partial charge in [-0.2, -0.15) is 0 Å². The van der Waals surface area contributed by atoms with Crippen LogP contribution in [0.4, 0.5) is 11.5 Å². The van der Waals surface area contributed by atoms with Crippen molar-refractivity contribution >= 4 is 29.0 Å². The molecule has 0 bridgehead atoms. The molecule has 0 radical (unpaired) electrons.